The molecule has 0 aromatic heterocycles. The number of rotatable bonds is 3. The van der Waals surface area contributed by atoms with Crippen molar-refractivity contribution >= 4 is 11.7 Å². The van der Waals surface area contributed by atoms with Crippen LogP contribution in [0.25, 0.3) is 0 Å². The highest BCUT2D eigenvalue weighted by molar-refractivity contribution is 6.42. The van der Waals surface area contributed by atoms with E-state index in [-0.39, 0.29) is 5.56 Å². The molecule has 1 rings (SSSR count). The van der Waals surface area contributed by atoms with Crippen LogP contribution in [0.4, 0.5) is 13.2 Å². The molecule has 1 aromatic rings. The van der Waals surface area contributed by atoms with Gasteiger partial charge in [-0.3, -0.25) is 9.59 Å². The maximum Gasteiger partial charge on any atom is 0.406 e. The number of ketones is 1. The van der Waals surface area contributed by atoms with Crippen LogP contribution in [-0.4, -0.2) is 36.4 Å². The number of hydrogen-bond donors (Lipinski definition) is 0. The molecule has 1 aromatic carbocycles. The number of carbonyl (C=O) groups is 2. The van der Waals surface area contributed by atoms with Crippen LogP contribution in [-0.2, 0) is 4.79 Å². The summed E-state index contributed by atoms with van der Waals surface area (Å²) in [5, 5.41) is 0. The van der Waals surface area contributed by atoms with E-state index >= 15 is 0 Å². The Morgan fingerprint density at radius 2 is 1.67 bits per heavy atom. The molecule has 0 aliphatic heterocycles. The maximum atomic E-state index is 12.1. The molecule has 0 radical (unpaired) electrons. The first-order valence-electron chi connectivity index (χ1n) is 5.14. The van der Waals surface area contributed by atoms with Crippen LogP contribution >= 0.6 is 0 Å². The van der Waals surface area contributed by atoms with Gasteiger partial charge >= 0.3 is 6.18 Å². The monoisotopic (exact) mass is 259 g/mol. The fourth-order valence-electron chi connectivity index (χ4n) is 1.34. The second-order valence-corrected chi connectivity index (χ2v) is 3.97. The van der Waals surface area contributed by atoms with Crippen molar-refractivity contribution in [3.05, 3.63) is 35.4 Å². The standard InChI is InChI=1S/C12H12F3NO2/c1-8-3-5-9(6-4-8)10(17)11(18)16(2)7-12(13,14)15/h3-6H,7H2,1-2H3. The summed E-state index contributed by atoms with van der Waals surface area (Å²) in [5.41, 5.74) is 0.974. The van der Waals surface area contributed by atoms with E-state index in [0.29, 0.717) is 4.90 Å². The number of halogens is 3. The van der Waals surface area contributed by atoms with Crippen LogP contribution in [0.5, 0.6) is 0 Å². The summed E-state index contributed by atoms with van der Waals surface area (Å²) in [5.74, 6) is -2.11. The molecule has 0 aliphatic carbocycles. The van der Waals surface area contributed by atoms with E-state index < -0.39 is 24.4 Å². The number of amides is 1. The highest BCUT2D eigenvalue weighted by atomic mass is 19.4. The number of benzene rings is 1. The van der Waals surface area contributed by atoms with Gasteiger partial charge in [-0.2, -0.15) is 13.2 Å². The second kappa shape index (κ2) is 5.20. The summed E-state index contributed by atoms with van der Waals surface area (Å²) in [6.07, 6.45) is -4.52. The van der Waals surface area contributed by atoms with E-state index in [9.17, 15) is 22.8 Å². The average Bonchev–Trinajstić information content (AvgIpc) is 2.26. The normalized spacial score (nSPS) is 11.2. The Morgan fingerprint density at radius 3 is 2.11 bits per heavy atom. The fraction of sp³-hybridized carbons (Fsp3) is 0.333. The fourth-order valence-corrected chi connectivity index (χ4v) is 1.34. The Morgan fingerprint density at radius 1 is 1.17 bits per heavy atom. The Hall–Kier alpha value is -1.85. The molecule has 3 nitrogen and oxygen atoms in total. The summed E-state index contributed by atoms with van der Waals surface area (Å²) < 4.78 is 36.2. The predicted molar refractivity (Wildman–Crippen MR) is 59.2 cm³/mol. The average molecular weight is 259 g/mol. The minimum atomic E-state index is -4.52. The molecule has 98 valence electrons. The van der Waals surface area contributed by atoms with Gasteiger partial charge in [0.25, 0.3) is 5.91 Å². The molecule has 18 heavy (non-hydrogen) atoms. The van der Waals surface area contributed by atoms with Crippen molar-refractivity contribution in [2.24, 2.45) is 0 Å². The number of likely N-dealkylation sites (N-methyl/N-ethyl adjacent to an activating group) is 1. The number of Topliss-reactive ketones (excluding diaryl/α,β-unsaturated/α-hetero) is 1. The van der Waals surface area contributed by atoms with Crippen LogP contribution in [0, 0.1) is 6.92 Å². The number of alkyl halides is 3. The van der Waals surface area contributed by atoms with Gasteiger partial charge in [-0.15, -0.1) is 0 Å². The molecule has 1 amide bonds. The third-order valence-electron chi connectivity index (χ3n) is 2.27. The first-order valence-corrected chi connectivity index (χ1v) is 5.14. The lowest BCUT2D eigenvalue weighted by Crippen LogP contribution is -2.39. The van der Waals surface area contributed by atoms with Crippen molar-refractivity contribution in [3.63, 3.8) is 0 Å². The summed E-state index contributed by atoms with van der Waals surface area (Å²) in [6, 6.07) is 6.06. The minimum absolute atomic E-state index is 0.0830. The molecule has 0 spiro atoms. The number of carbonyl (C=O) groups excluding carboxylic acids is 2. The quantitative estimate of drug-likeness (QED) is 0.616. The van der Waals surface area contributed by atoms with E-state index in [1.165, 1.54) is 12.1 Å². The Bertz CT molecular complexity index is 451. The summed E-state index contributed by atoms with van der Waals surface area (Å²) in [4.78, 5) is 23.5. The Labute approximate surface area is 102 Å². The largest absolute Gasteiger partial charge is 0.406 e. The lowest BCUT2D eigenvalue weighted by Gasteiger charge is -2.17. The van der Waals surface area contributed by atoms with Gasteiger partial charge in [0.05, 0.1) is 0 Å². The topological polar surface area (TPSA) is 37.4 Å². The zero-order valence-corrected chi connectivity index (χ0v) is 9.91. The van der Waals surface area contributed by atoms with Gasteiger partial charge in [-0.1, -0.05) is 29.8 Å². The van der Waals surface area contributed by atoms with E-state index in [2.05, 4.69) is 0 Å². The molecular formula is C12H12F3NO2. The van der Waals surface area contributed by atoms with Crippen LogP contribution in [0.2, 0.25) is 0 Å². The smallest absolute Gasteiger partial charge is 0.330 e. The van der Waals surface area contributed by atoms with E-state index in [4.69, 9.17) is 0 Å². The summed E-state index contributed by atoms with van der Waals surface area (Å²) in [7, 11) is 0.946. The van der Waals surface area contributed by atoms with Gasteiger partial charge in [-0.05, 0) is 6.92 Å². The zero-order valence-electron chi connectivity index (χ0n) is 9.91. The van der Waals surface area contributed by atoms with Crippen molar-refractivity contribution in [1.82, 2.24) is 4.90 Å². The lowest BCUT2D eigenvalue weighted by atomic mass is 10.1. The lowest BCUT2D eigenvalue weighted by molar-refractivity contribution is -0.155. The minimum Gasteiger partial charge on any atom is -0.330 e. The summed E-state index contributed by atoms with van der Waals surface area (Å²) >= 11 is 0. The highest BCUT2D eigenvalue weighted by Crippen LogP contribution is 2.16. The van der Waals surface area contributed by atoms with Crippen LogP contribution in [0.1, 0.15) is 15.9 Å². The van der Waals surface area contributed by atoms with Crippen LogP contribution in [0.15, 0.2) is 24.3 Å². The molecule has 0 bridgehead atoms. The van der Waals surface area contributed by atoms with Gasteiger partial charge in [0.15, 0.2) is 0 Å². The van der Waals surface area contributed by atoms with Gasteiger partial charge < -0.3 is 4.90 Å². The second-order valence-electron chi connectivity index (χ2n) is 3.97. The molecule has 6 heteroatoms. The van der Waals surface area contributed by atoms with Crippen molar-refractivity contribution in [3.8, 4) is 0 Å². The molecule has 0 N–H and O–H groups in total. The van der Waals surface area contributed by atoms with Crippen molar-refractivity contribution in [1.29, 1.82) is 0 Å². The Balaban J connectivity index is 2.78. The van der Waals surface area contributed by atoms with E-state index in [1.54, 1.807) is 19.1 Å². The third-order valence-corrected chi connectivity index (χ3v) is 2.27. The number of aryl methyl sites for hydroxylation is 1. The molecule has 0 unspecified atom stereocenters. The first kappa shape index (κ1) is 14.2. The molecule has 0 saturated heterocycles. The van der Waals surface area contributed by atoms with Crippen LogP contribution in [0.3, 0.4) is 0 Å². The summed E-state index contributed by atoms with van der Waals surface area (Å²) in [6.45, 7) is 0.356. The van der Waals surface area contributed by atoms with Gasteiger partial charge in [0, 0.05) is 12.6 Å². The van der Waals surface area contributed by atoms with Crippen molar-refractivity contribution in [2.45, 2.75) is 13.1 Å². The molecule has 0 fully saturated rings. The van der Waals surface area contributed by atoms with E-state index in [0.717, 1.165) is 12.6 Å². The zero-order chi connectivity index (χ0) is 13.9. The molecule has 0 atom stereocenters. The first-order chi connectivity index (χ1) is 8.20. The molecule has 0 saturated carbocycles. The molecule has 0 heterocycles. The maximum absolute atomic E-state index is 12.1. The number of hydrogen-bond acceptors (Lipinski definition) is 2. The van der Waals surface area contributed by atoms with E-state index in [1.807, 2.05) is 0 Å². The highest BCUT2D eigenvalue weighted by Gasteiger charge is 2.33. The van der Waals surface area contributed by atoms with Crippen LogP contribution < -0.4 is 0 Å². The van der Waals surface area contributed by atoms with Gasteiger partial charge in [-0.25, -0.2) is 0 Å². The Kier molecular flexibility index (Phi) is 4.11. The molecular weight excluding hydrogens is 247 g/mol. The van der Waals surface area contributed by atoms with Gasteiger partial charge in [0.2, 0.25) is 5.78 Å². The third kappa shape index (κ3) is 3.87. The number of nitrogens with zero attached hydrogens (tertiary/aromatic N) is 1. The predicted octanol–water partition coefficient (Wildman–Crippen LogP) is 2.20. The molecule has 0 aliphatic rings. The van der Waals surface area contributed by atoms with Crippen molar-refractivity contribution in [2.75, 3.05) is 13.6 Å². The SMILES string of the molecule is Cc1ccc(C(=O)C(=O)N(C)CC(F)(F)F)cc1. The van der Waals surface area contributed by atoms with Crippen molar-refractivity contribution < 1.29 is 22.8 Å². The van der Waals surface area contributed by atoms with Gasteiger partial charge in [0.1, 0.15) is 6.54 Å².